The van der Waals surface area contributed by atoms with Crippen molar-refractivity contribution < 1.29 is 22.7 Å². The molecular weight excluding hydrogens is 537 g/mol. The second-order valence-electron chi connectivity index (χ2n) is 8.32. The summed E-state index contributed by atoms with van der Waals surface area (Å²) in [5.74, 6) is -1.03. The summed E-state index contributed by atoms with van der Waals surface area (Å²) >= 11 is 3.80. The number of hydrogen-bond acceptors (Lipinski definition) is 6. The molecule has 1 atom stereocenters. The van der Waals surface area contributed by atoms with Crippen LogP contribution in [0, 0.1) is 12.7 Å². The van der Waals surface area contributed by atoms with Gasteiger partial charge in [0.15, 0.2) is 0 Å². The van der Waals surface area contributed by atoms with E-state index in [0.717, 1.165) is 5.39 Å². The summed E-state index contributed by atoms with van der Waals surface area (Å²) in [6.45, 7) is 1.35. The minimum atomic E-state index is -2.72. The highest BCUT2D eigenvalue weighted by Gasteiger charge is 2.28. The van der Waals surface area contributed by atoms with Gasteiger partial charge in [-0.1, -0.05) is 11.6 Å². The van der Waals surface area contributed by atoms with Crippen LogP contribution < -0.4 is 15.0 Å². The van der Waals surface area contributed by atoms with Crippen molar-refractivity contribution >= 4 is 50.7 Å². The van der Waals surface area contributed by atoms with E-state index in [4.69, 9.17) is 16.3 Å². The number of ether oxygens (including phenoxy) is 1. The molecule has 1 aromatic carbocycles. The van der Waals surface area contributed by atoms with Gasteiger partial charge in [-0.2, -0.15) is 0 Å². The van der Waals surface area contributed by atoms with Crippen LogP contribution in [0.25, 0.3) is 33.1 Å². The predicted molar refractivity (Wildman–Crippen MR) is 141 cm³/mol. The molecule has 5 rings (SSSR count). The molecule has 4 aromatic heterocycles. The summed E-state index contributed by atoms with van der Waals surface area (Å²) in [6.07, 6.45) is 1.42. The third kappa shape index (κ3) is 4.53. The zero-order valence-electron chi connectivity index (χ0n) is 19.9. The van der Waals surface area contributed by atoms with Crippen LogP contribution in [0.2, 0.25) is 5.15 Å². The molecule has 4 heterocycles. The van der Waals surface area contributed by atoms with Gasteiger partial charge in [-0.3, -0.25) is 14.1 Å². The van der Waals surface area contributed by atoms with Crippen LogP contribution in [0.1, 0.15) is 21.7 Å². The Morgan fingerprint density at radius 1 is 1.26 bits per heavy atom. The van der Waals surface area contributed by atoms with Crippen LogP contribution >= 0.6 is 11.6 Å². The van der Waals surface area contributed by atoms with E-state index in [0.29, 0.717) is 16.8 Å². The molecule has 0 aliphatic rings. The zero-order chi connectivity index (χ0) is 27.1. The number of amides is 1. The fourth-order valence-electron chi connectivity index (χ4n) is 4.31. The number of nitrogens with one attached hydrogen (secondary N) is 2. The van der Waals surface area contributed by atoms with Gasteiger partial charge in [-0.05, 0) is 37.3 Å². The number of halogens is 2. The van der Waals surface area contributed by atoms with E-state index >= 15 is 0 Å². The Morgan fingerprint density at radius 3 is 2.76 bits per heavy atom. The molecule has 0 radical (unpaired) electrons. The number of aromatic nitrogens is 4. The van der Waals surface area contributed by atoms with Gasteiger partial charge < -0.3 is 14.3 Å². The first kappa shape index (κ1) is 25.5. The van der Waals surface area contributed by atoms with Gasteiger partial charge in [0.2, 0.25) is 0 Å². The number of aryl methyl sites for hydroxylation is 1. The van der Waals surface area contributed by atoms with Crippen LogP contribution in [-0.4, -0.2) is 41.3 Å². The number of fused-ring (bicyclic) bond motifs is 2. The van der Waals surface area contributed by atoms with Crippen molar-refractivity contribution in [3.05, 3.63) is 86.9 Å². The number of rotatable bonds is 6. The van der Waals surface area contributed by atoms with Gasteiger partial charge in [0.25, 0.3) is 22.7 Å². The first-order valence-electron chi connectivity index (χ1n) is 11.1. The lowest BCUT2D eigenvalue weighted by atomic mass is 10.1. The molecule has 194 valence electrons. The van der Waals surface area contributed by atoms with Crippen LogP contribution in [0.15, 0.2) is 53.5 Å². The van der Waals surface area contributed by atoms with Crippen molar-refractivity contribution in [3.8, 4) is 16.9 Å². The lowest BCUT2D eigenvalue weighted by molar-refractivity contribution is 0.0973. The normalized spacial score (nSPS) is 12.1. The number of aromatic amines is 1. The molecule has 38 heavy (non-hydrogen) atoms. The molecule has 0 saturated carbocycles. The van der Waals surface area contributed by atoms with E-state index in [9.17, 15) is 22.7 Å². The molecule has 0 aliphatic carbocycles. The van der Waals surface area contributed by atoms with Gasteiger partial charge in [0.05, 0.1) is 41.5 Å². The Hall–Kier alpha value is -4.13. The molecule has 13 heteroatoms. The Morgan fingerprint density at radius 2 is 2.05 bits per heavy atom. The van der Waals surface area contributed by atoms with Crippen LogP contribution in [0.5, 0.6) is 5.75 Å². The third-order valence-electron chi connectivity index (χ3n) is 6.03. The minimum Gasteiger partial charge on any atom is -0.497 e. The van der Waals surface area contributed by atoms with Crippen LogP contribution in [-0.2, 0) is 17.8 Å². The van der Waals surface area contributed by atoms with Crippen molar-refractivity contribution in [3.63, 3.8) is 0 Å². The van der Waals surface area contributed by atoms with E-state index < -0.39 is 28.6 Å². The maximum Gasteiger partial charge on any atom is 0.282 e. The first-order chi connectivity index (χ1) is 18.2. The molecule has 10 nitrogen and oxygen atoms in total. The number of pyridine rings is 3. The summed E-state index contributed by atoms with van der Waals surface area (Å²) in [4.78, 5) is 37.4. The highest BCUT2D eigenvalue weighted by atomic mass is 35.5. The Balaban J connectivity index is 1.82. The average Bonchev–Trinajstić information content (AvgIpc) is 3.17. The lowest BCUT2D eigenvalue weighted by Gasteiger charge is -2.13. The second kappa shape index (κ2) is 9.97. The number of carbonyl (C=O) groups is 1. The number of carbonyl (C=O) groups excluding carboxylic acids is 1. The molecule has 5 aromatic rings. The highest BCUT2D eigenvalue weighted by molar-refractivity contribution is 7.77. The molecule has 0 fully saturated rings. The van der Waals surface area contributed by atoms with Gasteiger partial charge in [-0.25, -0.2) is 23.3 Å². The topological polar surface area (TPSA) is 139 Å². The van der Waals surface area contributed by atoms with Gasteiger partial charge in [0, 0.05) is 34.8 Å². The second-order valence-corrected chi connectivity index (χ2v) is 9.38. The van der Waals surface area contributed by atoms with Crippen molar-refractivity contribution in [2.24, 2.45) is 0 Å². The number of nitrogens with zero attached hydrogens (tertiary/aromatic N) is 3. The van der Waals surface area contributed by atoms with E-state index in [2.05, 4.69) is 15.0 Å². The molecule has 0 bridgehead atoms. The largest absolute Gasteiger partial charge is 0.497 e. The fourth-order valence-corrected chi connectivity index (χ4v) is 4.77. The predicted octanol–water partition coefficient (Wildman–Crippen LogP) is 3.96. The summed E-state index contributed by atoms with van der Waals surface area (Å²) < 4.78 is 44.3. The van der Waals surface area contributed by atoms with Crippen molar-refractivity contribution in [1.82, 2.24) is 24.2 Å². The molecule has 3 N–H and O–H groups in total. The van der Waals surface area contributed by atoms with Gasteiger partial charge in [-0.15, -0.1) is 0 Å². The smallest absolute Gasteiger partial charge is 0.282 e. The highest BCUT2D eigenvalue weighted by Crippen LogP contribution is 2.35. The van der Waals surface area contributed by atoms with Crippen molar-refractivity contribution in [2.75, 3.05) is 7.11 Å². The maximum atomic E-state index is 14.8. The Labute approximate surface area is 221 Å². The molecule has 0 saturated heterocycles. The summed E-state index contributed by atoms with van der Waals surface area (Å²) in [5.41, 5.74) is 0.840. The first-order valence-corrected chi connectivity index (χ1v) is 12.6. The summed E-state index contributed by atoms with van der Waals surface area (Å²) in [6, 6.07) is 11.2. The van der Waals surface area contributed by atoms with E-state index in [1.807, 2.05) is 4.72 Å². The van der Waals surface area contributed by atoms with Crippen molar-refractivity contribution in [2.45, 2.75) is 13.5 Å². The number of methoxy groups -OCH3 is 1. The fraction of sp³-hybridized carbons (Fsp3) is 0.120. The van der Waals surface area contributed by atoms with E-state index in [1.54, 1.807) is 30.3 Å². The molecule has 0 aliphatic heterocycles. The SMILES string of the molecule is COc1ccc2cc(Cn3c(C(=O)NS(=O)O)c(-c4ccc[nH]c4=O)c4nc(C)c(F)cc43)c(Cl)nc2c1. The number of H-pyrrole nitrogens is 1. The minimum absolute atomic E-state index is 0.0419. The van der Waals surface area contributed by atoms with Crippen LogP contribution in [0.3, 0.4) is 0 Å². The summed E-state index contributed by atoms with van der Waals surface area (Å²) in [5, 5.41) is 0.841. The third-order valence-corrected chi connectivity index (χ3v) is 6.71. The number of hydrogen-bond donors (Lipinski definition) is 3. The van der Waals surface area contributed by atoms with E-state index in [-0.39, 0.29) is 45.2 Å². The Kier molecular flexibility index (Phi) is 6.69. The zero-order valence-corrected chi connectivity index (χ0v) is 21.5. The standard InChI is InChI=1S/C25H19ClFN5O5S/c1-12-17(27)10-19-21(29-12)20(16-4-3-7-28-24(16)33)22(25(34)31-38(35)36)32(19)11-14-8-13-5-6-15(37-2)9-18(13)30-23(14)26/h3-10H,11H2,1-2H3,(H,28,33)(H,31,34)(H,35,36). The molecular formula is C25H19ClFN5O5S. The van der Waals surface area contributed by atoms with Gasteiger partial charge in [0.1, 0.15) is 22.4 Å². The quantitative estimate of drug-likeness (QED) is 0.213. The monoisotopic (exact) mass is 555 g/mol. The molecule has 1 amide bonds. The lowest BCUT2D eigenvalue weighted by Crippen LogP contribution is -2.28. The maximum absolute atomic E-state index is 14.8. The Bertz CT molecular complexity index is 1840. The van der Waals surface area contributed by atoms with Crippen LogP contribution in [0.4, 0.5) is 4.39 Å². The summed E-state index contributed by atoms with van der Waals surface area (Å²) in [7, 11) is 1.53. The van der Waals surface area contributed by atoms with Crippen molar-refractivity contribution in [1.29, 1.82) is 0 Å². The van der Waals surface area contributed by atoms with Gasteiger partial charge >= 0.3 is 0 Å². The number of benzene rings is 1. The van der Waals surface area contributed by atoms with E-state index in [1.165, 1.54) is 36.9 Å². The molecule has 1 unspecified atom stereocenters. The molecule has 0 spiro atoms. The average molecular weight is 556 g/mol.